The minimum absolute atomic E-state index is 0.0735. The largest absolute Gasteiger partial charge is 0.352 e. The van der Waals surface area contributed by atoms with Crippen molar-refractivity contribution < 1.29 is 9.59 Å². The van der Waals surface area contributed by atoms with Crippen molar-refractivity contribution >= 4 is 35.2 Å². The van der Waals surface area contributed by atoms with Crippen LogP contribution in [0.1, 0.15) is 32.8 Å². The van der Waals surface area contributed by atoms with E-state index in [0.29, 0.717) is 11.6 Å². The van der Waals surface area contributed by atoms with Crippen LogP contribution in [0.5, 0.6) is 0 Å². The zero-order chi connectivity index (χ0) is 20.5. The summed E-state index contributed by atoms with van der Waals surface area (Å²) >= 11 is 7.36. The lowest BCUT2D eigenvalue weighted by molar-refractivity contribution is -0.138. The zero-order valence-corrected chi connectivity index (χ0v) is 18.1. The van der Waals surface area contributed by atoms with E-state index < -0.39 is 6.04 Å². The molecule has 0 saturated heterocycles. The van der Waals surface area contributed by atoms with Gasteiger partial charge in [-0.05, 0) is 50.1 Å². The lowest BCUT2D eigenvalue weighted by atomic mass is 10.1. The summed E-state index contributed by atoms with van der Waals surface area (Å²) in [5.41, 5.74) is 0.996. The fraction of sp³-hybridized carbons (Fsp3) is 0.364. The lowest BCUT2D eigenvalue weighted by Gasteiger charge is -2.29. The number of nitrogens with zero attached hydrogens (tertiary/aromatic N) is 1. The molecule has 150 valence electrons. The fourth-order valence-corrected chi connectivity index (χ4v) is 3.50. The fourth-order valence-electron chi connectivity index (χ4n) is 2.59. The molecule has 28 heavy (non-hydrogen) atoms. The van der Waals surface area contributed by atoms with Crippen LogP contribution in [0.3, 0.4) is 0 Å². The normalized spacial score (nSPS) is 12.9. The number of thioether (sulfide) groups is 1. The molecule has 0 spiro atoms. The Morgan fingerprint density at radius 2 is 1.71 bits per heavy atom. The zero-order valence-electron chi connectivity index (χ0n) is 16.5. The number of hydrogen-bond donors (Lipinski definition) is 1. The molecule has 4 nitrogen and oxygen atoms in total. The van der Waals surface area contributed by atoms with Crippen LogP contribution in [-0.4, -0.2) is 34.6 Å². The van der Waals surface area contributed by atoms with Gasteiger partial charge in [0.1, 0.15) is 6.04 Å². The van der Waals surface area contributed by atoms with Crippen molar-refractivity contribution in [2.45, 2.75) is 50.7 Å². The highest BCUT2D eigenvalue weighted by Gasteiger charge is 2.26. The van der Waals surface area contributed by atoms with Gasteiger partial charge in [0, 0.05) is 22.5 Å². The minimum Gasteiger partial charge on any atom is -0.352 e. The Morgan fingerprint density at radius 3 is 2.32 bits per heavy atom. The first-order valence-corrected chi connectivity index (χ1v) is 10.8. The van der Waals surface area contributed by atoms with Gasteiger partial charge in [-0.15, -0.1) is 11.8 Å². The standard InChI is InChI=1S/C22H27ClN2O2S/c1-4-16(2)24-22(27)17(3)25(14-18-8-6-5-7-9-18)21(26)15-28-20-12-10-19(23)11-13-20/h5-13,16-17H,4,14-15H2,1-3H3,(H,24,27)/t16-,17-/m1/s1. The van der Waals surface area contributed by atoms with Crippen LogP contribution < -0.4 is 5.32 Å². The number of halogens is 1. The van der Waals surface area contributed by atoms with Crippen LogP contribution in [0.2, 0.25) is 5.02 Å². The summed E-state index contributed by atoms with van der Waals surface area (Å²) in [7, 11) is 0. The predicted octanol–water partition coefficient (Wildman–Crippen LogP) is 4.76. The number of rotatable bonds is 9. The first kappa shape index (κ1) is 22.3. The molecule has 0 aliphatic heterocycles. The SMILES string of the molecule is CC[C@@H](C)NC(=O)[C@@H](C)N(Cc1ccccc1)C(=O)CSc1ccc(Cl)cc1. The topological polar surface area (TPSA) is 49.4 Å². The van der Waals surface area contributed by atoms with E-state index in [2.05, 4.69) is 5.32 Å². The van der Waals surface area contributed by atoms with Gasteiger partial charge in [0.2, 0.25) is 11.8 Å². The third-order valence-corrected chi connectivity index (χ3v) is 5.79. The summed E-state index contributed by atoms with van der Waals surface area (Å²) in [5.74, 6) is 0.0563. The van der Waals surface area contributed by atoms with Gasteiger partial charge in [0.25, 0.3) is 0 Å². The second kappa shape index (κ2) is 11.1. The highest BCUT2D eigenvalue weighted by Crippen LogP contribution is 2.21. The second-order valence-corrected chi connectivity index (χ2v) is 8.23. The van der Waals surface area contributed by atoms with Crippen molar-refractivity contribution in [2.75, 3.05) is 5.75 Å². The first-order chi connectivity index (χ1) is 13.4. The number of benzene rings is 2. The molecule has 0 bridgehead atoms. The van der Waals surface area contributed by atoms with Gasteiger partial charge in [-0.25, -0.2) is 0 Å². The molecule has 2 amide bonds. The Labute approximate surface area is 176 Å². The molecule has 0 fully saturated rings. The Morgan fingerprint density at radius 1 is 1.07 bits per heavy atom. The Bertz CT molecular complexity index is 768. The summed E-state index contributed by atoms with van der Waals surface area (Å²) in [4.78, 5) is 28.2. The van der Waals surface area contributed by atoms with Crippen LogP contribution in [0, 0.1) is 0 Å². The van der Waals surface area contributed by atoms with E-state index in [0.717, 1.165) is 16.9 Å². The third-order valence-electron chi connectivity index (χ3n) is 4.54. The summed E-state index contributed by atoms with van der Waals surface area (Å²) in [5, 5.41) is 3.64. The van der Waals surface area contributed by atoms with Gasteiger partial charge in [-0.3, -0.25) is 9.59 Å². The molecule has 1 N–H and O–H groups in total. The Kier molecular flexibility index (Phi) is 8.87. The number of amides is 2. The average molecular weight is 419 g/mol. The van der Waals surface area contributed by atoms with Gasteiger partial charge in [-0.2, -0.15) is 0 Å². The molecule has 0 unspecified atom stereocenters. The highest BCUT2D eigenvalue weighted by molar-refractivity contribution is 8.00. The maximum absolute atomic E-state index is 13.0. The Hall–Kier alpha value is -1.98. The number of hydrogen-bond acceptors (Lipinski definition) is 3. The van der Waals surface area contributed by atoms with Crippen molar-refractivity contribution in [2.24, 2.45) is 0 Å². The van der Waals surface area contributed by atoms with Crippen molar-refractivity contribution in [3.05, 3.63) is 65.2 Å². The maximum atomic E-state index is 13.0. The molecule has 2 aromatic carbocycles. The van der Waals surface area contributed by atoms with Crippen LogP contribution in [-0.2, 0) is 16.1 Å². The monoisotopic (exact) mass is 418 g/mol. The predicted molar refractivity (Wildman–Crippen MR) is 117 cm³/mol. The summed E-state index contributed by atoms with van der Waals surface area (Å²) < 4.78 is 0. The maximum Gasteiger partial charge on any atom is 0.242 e. The molecule has 2 atom stereocenters. The van der Waals surface area contributed by atoms with E-state index in [4.69, 9.17) is 11.6 Å². The summed E-state index contributed by atoms with van der Waals surface area (Å²) in [6.45, 7) is 6.16. The Balaban J connectivity index is 2.10. The van der Waals surface area contributed by atoms with Gasteiger partial charge < -0.3 is 10.2 Å². The van der Waals surface area contributed by atoms with E-state index in [9.17, 15) is 9.59 Å². The molecular weight excluding hydrogens is 392 g/mol. The van der Waals surface area contributed by atoms with Gasteiger partial charge in [0.05, 0.1) is 5.75 Å². The summed E-state index contributed by atoms with van der Waals surface area (Å²) in [6, 6.07) is 16.6. The molecule has 0 saturated carbocycles. The molecule has 2 rings (SSSR count). The molecule has 0 aromatic heterocycles. The number of carbonyl (C=O) groups excluding carboxylic acids is 2. The van der Waals surface area contributed by atoms with Crippen molar-refractivity contribution in [1.29, 1.82) is 0 Å². The van der Waals surface area contributed by atoms with Gasteiger partial charge in [-0.1, -0.05) is 48.9 Å². The molecule has 2 aromatic rings. The highest BCUT2D eigenvalue weighted by atomic mass is 35.5. The minimum atomic E-state index is -0.549. The van der Waals surface area contributed by atoms with Crippen LogP contribution in [0.4, 0.5) is 0 Å². The molecule has 0 aliphatic carbocycles. The number of carbonyl (C=O) groups is 2. The van der Waals surface area contributed by atoms with Crippen LogP contribution in [0.25, 0.3) is 0 Å². The molecular formula is C22H27ClN2O2S. The second-order valence-electron chi connectivity index (χ2n) is 6.74. The van der Waals surface area contributed by atoms with E-state index >= 15 is 0 Å². The molecule has 6 heteroatoms. The molecule has 0 heterocycles. The summed E-state index contributed by atoms with van der Waals surface area (Å²) in [6.07, 6.45) is 0.845. The van der Waals surface area contributed by atoms with Gasteiger partial charge in [0.15, 0.2) is 0 Å². The smallest absolute Gasteiger partial charge is 0.242 e. The van der Waals surface area contributed by atoms with E-state index in [1.807, 2.05) is 56.3 Å². The van der Waals surface area contributed by atoms with Gasteiger partial charge >= 0.3 is 0 Å². The van der Waals surface area contributed by atoms with E-state index in [1.165, 1.54) is 11.8 Å². The lowest BCUT2D eigenvalue weighted by Crippen LogP contribution is -2.50. The van der Waals surface area contributed by atoms with Crippen molar-refractivity contribution in [1.82, 2.24) is 10.2 Å². The van der Waals surface area contributed by atoms with Crippen molar-refractivity contribution in [3.63, 3.8) is 0 Å². The first-order valence-electron chi connectivity index (χ1n) is 9.42. The quantitative estimate of drug-likeness (QED) is 0.597. The van der Waals surface area contributed by atoms with E-state index in [1.54, 1.807) is 24.0 Å². The average Bonchev–Trinajstić information content (AvgIpc) is 2.71. The van der Waals surface area contributed by atoms with Crippen LogP contribution in [0.15, 0.2) is 59.5 Å². The molecule has 0 aliphatic rings. The third kappa shape index (κ3) is 6.88. The van der Waals surface area contributed by atoms with Crippen LogP contribution >= 0.6 is 23.4 Å². The number of nitrogens with one attached hydrogen (secondary N) is 1. The molecule has 0 radical (unpaired) electrons. The van der Waals surface area contributed by atoms with Crippen molar-refractivity contribution in [3.8, 4) is 0 Å². The van der Waals surface area contributed by atoms with E-state index in [-0.39, 0.29) is 23.6 Å².